The Morgan fingerprint density at radius 3 is 2.48 bits per heavy atom. The quantitative estimate of drug-likeness (QED) is 0.753. The Morgan fingerprint density at radius 1 is 1.24 bits per heavy atom. The van der Waals surface area contributed by atoms with E-state index in [1.807, 2.05) is 45.9 Å². The SMILES string of the molecule is Cc1ccc(C)c(NC(=O)NCC(CC(C)C)C(=O)O)c1. The van der Waals surface area contributed by atoms with Crippen LogP contribution in [0.3, 0.4) is 0 Å². The fourth-order valence-corrected chi connectivity index (χ4v) is 2.09. The molecule has 0 spiro atoms. The second kappa shape index (κ2) is 7.67. The number of amides is 2. The second-order valence-corrected chi connectivity index (χ2v) is 5.82. The molecular weight excluding hydrogens is 268 g/mol. The summed E-state index contributed by atoms with van der Waals surface area (Å²) in [7, 11) is 0. The molecule has 0 bridgehead atoms. The Labute approximate surface area is 125 Å². The average molecular weight is 292 g/mol. The van der Waals surface area contributed by atoms with E-state index in [4.69, 9.17) is 5.11 Å². The van der Waals surface area contributed by atoms with Crippen molar-refractivity contribution in [1.29, 1.82) is 0 Å². The van der Waals surface area contributed by atoms with Gasteiger partial charge in [-0.1, -0.05) is 26.0 Å². The summed E-state index contributed by atoms with van der Waals surface area (Å²) in [5.74, 6) is -1.17. The van der Waals surface area contributed by atoms with E-state index in [-0.39, 0.29) is 18.5 Å². The first-order chi connectivity index (χ1) is 9.79. The van der Waals surface area contributed by atoms with Crippen LogP contribution in [0.5, 0.6) is 0 Å². The van der Waals surface area contributed by atoms with Gasteiger partial charge in [0.2, 0.25) is 0 Å². The molecule has 0 radical (unpaired) electrons. The number of carboxylic acids is 1. The maximum absolute atomic E-state index is 11.9. The van der Waals surface area contributed by atoms with Crippen molar-refractivity contribution in [2.75, 3.05) is 11.9 Å². The molecule has 0 aliphatic heterocycles. The predicted molar refractivity (Wildman–Crippen MR) is 83.5 cm³/mol. The Morgan fingerprint density at radius 2 is 1.90 bits per heavy atom. The number of carbonyl (C=O) groups excluding carboxylic acids is 1. The van der Waals surface area contributed by atoms with Crippen LogP contribution in [0.25, 0.3) is 0 Å². The lowest BCUT2D eigenvalue weighted by Crippen LogP contribution is -2.36. The topological polar surface area (TPSA) is 78.4 Å². The number of anilines is 1. The van der Waals surface area contributed by atoms with Crippen LogP contribution in [0.2, 0.25) is 0 Å². The zero-order chi connectivity index (χ0) is 16.0. The first-order valence-corrected chi connectivity index (χ1v) is 7.14. The molecule has 3 N–H and O–H groups in total. The molecule has 116 valence electrons. The second-order valence-electron chi connectivity index (χ2n) is 5.82. The minimum Gasteiger partial charge on any atom is -0.481 e. The Bertz CT molecular complexity index is 512. The van der Waals surface area contributed by atoms with Gasteiger partial charge in [0.05, 0.1) is 5.92 Å². The third-order valence-corrected chi connectivity index (χ3v) is 3.26. The van der Waals surface area contributed by atoms with Gasteiger partial charge in [-0.15, -0.1) is 0 Å². The molecule has 0 aromatic heterocycles. The number of benzene rings is 1. The molecule has 0 saturated carbocycles. The van der Waals surface area contributed by atoms with E-state index in [9.17, 15) is 9.59 Å². The van der Waals surface area contributed by atoms with Crippen LogP contribution in [0.15, 0.2) is 18.2 Å². The van der Waals surface area contributed by atoms with Gasteiger partial charge in [0.1, 0.15) is 0 Å². The number of urea groups is 1. The fraction of sp³-hybridized carbons (Fsp3) is 0.500. The van der Waals surface area contributed by atoms with Crippen LogP contribution in [0, 0.1) is 25.7 Å². The molecule has 0 aliphatic carbocycles. The minimum absolute atomic E-state index is 0.129. The van der Waals surface area contributed by atoms with E-state index in [2.05, 4.69) is 10.6 Å². The molecule has 0 heterocycles. The van der Waals surface area contributed by atoms with Crippen molar-refractivity contribution in [3.05, 3.63) is 29.3 Å². The third kappa shape index (κ3) is 5.85. The van der Waals surface area contributed by atoms with Crippen LogP contribution in [0.1, 0.15) is 31.4 Å². The van der Waals surface area contributed by atoms with Crippen molar-refractivity contribution in [1.82, 2.24) is 5.32 Å². The highest BCUT2D eigenvalue weighted by Crippen LogP contribution is 2.16. The lowest BCUT2D eigenvalue weighted by molar-refractivity contribution is -0.142. The summed E-state index contributed by atoms with van der Waals surface area (Å²) in [5.41, 5.74) is 2.76. The summed E-state index contributed by atoms with van der Waals surface area (Å²) in [5, 5.41) is 14.5. The van der Waals surface area contributed by atoms with E-state index in [0.29, 0.717) is 6.42 Å². The monoisotopic (exact) mass is 292 g/mol. The zero-order valence-electron chi connectivity index (χ0n) is 13.1. The maximum atomic E-state index is 11.9. The van der Waals surface area contributed by atoms with E-state index >= 15 is 0 Å². The predicted octanol–water partition coefficient (Wildman–Crippen LogP) is 3.17. The smallest absolute Gasteiger partial charge is 0.319 e. The van der Waals surface area contributed by atoms with Crippen molar-refractivity contribution in [2.45, 2.75) is 34.1 Å². The summed E-state index contributed by atoms with van der Waals surface area (Å²) < 4.78 is 0. The number of aryl methyl sites for hydroxylation is 2. The van der Waals surface area contributed by atoms with E-state index in [0.717, 1.165) is 16.8 Å². The lowest BCUT2D eigenvalue weighted by Gasteiger charge is -2.16. The van der Waals surface area contributed by atoms with Crippen molar-refractivity contribution in [3.63, 3.8) is 0 Å². The molecule has 0 saturated heterocycles. The number of carbonyl (C=O) groups is 2. The van der Waals surface area contributed by atoms with Crippen LogP contribution in [-0.4, -0.2) is 23.7 Å². The molecular formula is C16H24N2O3. The number of carboxylic acid groups (broad SMARTS) is 1. The van der Waals surface area contributed by atoms with Gasteiger partial charge in [-0.25, -0.2) is 4.79 Å². The van der Waals surface area contributed by atoms with Crippen LogP contribution < -0.4 is 10.6 Å². The standard InChI is InChI=1S/C16H24N2O3/c1-10(2)7-13(15(19)20)9-17-16(21)18-14-8-11(3)5-6-12(14)4/h5-6,8,10,13H,7,9H2,1-4H3,(H,19,20)(H2,17,18,21). The van der Waals surface area contributed by atoms with Gasteiger partial charge < -0.3 is 15.7 Å². The Balaban J connectivity index is 2.57. The van der Waals surface area contributed by atoms with Gasteiger partial charge in [0.25, 0.3) is 0 Å². The minimum atomic E-state index is -0.879. The number of rotatable bonds is 6. The molecule has 5 nitrogen and oxygen atoms in total. The molecule has 1 aromatic rings. The van der Waals surface area contributed by atoms with Crippen molar-refractivity contribution in [2.24, 2.45) is 11.8 Å². The van der Waals surface area contributed by atoms with E-state index in [1.54, 1.807) is 0 Å². The van der Waals surface area contributed by atoms with Gasteiger partial charge in [-0.2, -0.15) is 0 Å². The van der Waals surface area contributed by atoms with Crippen LogP contribution >= 0.6 is 0 Å². The largest absolute Gasteiger partial charge is 0.481 e. The molecule has 0 aliphatic rings. The maximum Gasteiger partial charge on any atom is 0.319 e. The molecule has 1 rings (SSSR count). The molecule has 2 amide bonds. The highest BCUT2D eigenvalue weighted by molar-refractivity contribution is 5.90. The molecule has 21 heavy (non-hydrogen) atoms. The molecule has 1 unspecified atom stereocenters. The Hall–Kier alpha value is -2.04. The average Bonchev–Trinajstić information content (AvgIpc) is 2.38. The van der Waals surface area contributed by atoms with Gasteiger partial charge in [-0.05, 0) is 43.4 Å². The van der Waals surface area contributed by atoms with Crippen molar-refractivity contribution >= 4 is 17.7 Å². The normalized spacial score (nSPS) is 12.0. The van der Waals surface area contributed by atoms with Crippen molar-refractivity contribution < 1.29 is 14.7 Å². The number of nitrogens with one attached hydrogen (secondary N) is 2. The van der Waals surface area contributed by atoms with E-state index < -0.39 is 11.9 Å². The van der Waals surface area contributed by atoms with Gasteiger partial charge >= 0.3 is 12.0 Å². The molecule has 0 fully saturated rings. The van der Waals surface area contributed by atoms with Crippen molar-refractivity contribution in [3.8, 4) is 0 Å². The number of hydrogen-bond acceptors (Lipinski definition) is 2. The van der Waals surface area contributed by atoms with E-state index in [1.165, 1.54) is 0 Å². The lowest BCUT2D eigenvalue weighted by atomic mass is 9.97. The highest BCUT2D eigenvalue weighted by Gasteiger charge is 2.19. The fourth-order valence-electron chi connectivity index (χ4n) is 2.09. The number of hydrogen-bond donors (Lipinski definition) is 3. The van der Waals surface area contributed by atoms with Gasteiger partial charge in [0.15, 0.2) is 0 Å². The van der Waals surface area contributed by atoms with Crippen LogP contribution in [0.4, 0.5) is 10.5 Å². The zero-order valence-corrected chi connectivity index (χ0v) is 13.1. The molecule has 1 atom stereocenters. The third-order valence-electron chi connectivity index (χ3n) is 3.26. The first kappa shape index (κ1) is 17.0. The summed E-state index contributed by atoms with van der Waals surface area (Å²) in [6.45, 7) is 7.92. The van der Waals surface area contributed by atoms with Gasteiger partial charge in [0, 0.05) is 12.2 Å². The summed E-state index contributed by atoms with van der Waals surface area (Å²) in [6, 6.07) is 5.42. The summed E-state index contributed by atoms with van der Waals surface area (Å²) in [6.07, 6.45) is 0.541. The molecule has 1 aromatic carbocycles. The highest BCUT2D eigenvalue weighted by atomic mass is 16.4. The number of aliphatic carboxylic acids is 1. The Kier molecular flexibility index (Phi) is 6.21. The first-order valence-electron chi connectivity index (χ1n) is 7.14. The van der Waals surface area contributed by atoms with Crippen LogP contribution in [-0.2, 0) is 4.79 Å². The summed E-state index contributed by atoms with van der Waals surface area (Å²) >= 11 is 0. The molecule has 5 heteroatoms. The van der Waals surface area contributed by atoms with Gasteiger partial charge in [-0.3, -0.25) is 4.79 Å². The summed E-state index contributed by atoms with van der Waals surface area (Å²) in [4.78, 5) is 23.0.